The quantitative estimate of drug-likeness (QED) is 0.530. The number of nitrogens with one attached hydrogen (secondary N) is 2. The number of rotatable bonds is 8. The summed E-state index contributed by atoms with van der Waals surface area (Å²) in [6.07, 6.45) is 1.23. The summed E-state index contributed by atoms with van der Waals surface area (Å²) in [7, 11) is 1.60. The van der Waals surface area contributed by atoms with E-state index in [1.807, 2.05) is 24.3 Å². The summed E-state index contributed by atoms with van der Waals surface area (Å²) in [4.78, 5) is 12.3. The maximum absolute atomic E-state index is 12.3. The molecule has 3 aromatic rings. The predicted molar refractivity (Wildman–Crippen MR) is 112 cm³/mol. The third-order valence-electron chi connectivity index (χ3n) is 5.31. The van der Waals surface area contributed by atoms with E-state index in [2.05, 4.69) is 40.1 Å². The van der Waals surface area contributed by atoms with Crippen LogP contribution in [0.3, 0.4) is 0 Å². The van der Waals surface area contributed by atoms with Gasteiger partial charge in [0.1, 0.15) is 11.4 Å². The maximum Gasteiger partial charge on any atom is 0.290 e. The molecule has 7 heteroatoms. The molecule has 0 bridgehead atoms. The van der Waals surface area contributed by atoms with Gasteiger partial charge in [0.2, 0.25) is 5.76 Å². The largest absolute Gasteiger partial charge is 0.497 e. The number of hydrogen-bond donors (Lipinski definition) is 3. The summed E-state index contributed by atoms with van der Waals surface area (Å²) in [6, 6.07) is 17.6. The first kappa shape index (κ1) is 20.1. The molecular formula is C23H25N3O4. The lowest BCUT2D eigenvalue weighted by Crippen LogP contribution is -2.41. The predicted octanol–water partition coefficient (Wildman–Crippen LogP) is 2.20. The van der Waals surface area contributed by atoms with E-state index in [0.717, 1.165) is 24.2 Å². The highest BCUT2D eigenvalue weighted by Crippen LogP contribution is 2.22. The highest BCUT2D eigenvalue weighted by Gasteiger charge is 2.21. The molecular weight excluding hydrogens is 382 g/mol. The summed E-state index contributed by atoms with van der Waals surface area (Å²) >= 11 is 0. The zero-order valence-electron chi connectivity index (χ0n) is 16.8. The van der Waals surface area contributed by atoms with Crippen LogP contribution in [0.25, 0.3) is 11.3 Å². The van der Waals surface area contributed by atoms with Crippen molar-refractivity contribution in [2.75, 3.05) is 20.2 Å². The zero-order valence-corrected chi connectivity index (χ0v) is 16.8. The highest BCUT2D eigenvalue weighted by atomic mass is 16.5. The lowest BCUT2D eigenvalue weighted by molar-refractivity contribution is 0.0878. The van der Waals surface area contributed by atoms with Crippen LogP contribution in [0, 0.1) is 0 Å². The van der Waals surface area contributed by atoms with Gasteiger partial charge in [-0.25, -0.2) is 0 Å². The van der Waals surface area contributed by atoms with E-state index in [4.69, 9.17) is 9.26 Å². The van der Waals surface area contributed by atoms with Crippen molar-refractivity contribution in [1.82, 2.24) is 15.8 Å². The number of aliphatic hydroxyl groups excluding tert-OH is 1. The topological polar surface area (TPSA) is 96.6 Å². The summed E-state index contributed by atoms with van der Waals surface area (Å²) < 4.78 is 10.3. The van der Waals surface area contributed by atoms with Crippen LogP contribution in [0.15, 0.2) is 59.1 Å². The molecule has 1 aliphatic carbocycles. The van der Waals surface area contributed by atoms with Crippen molar-refractivity contribution in [3.63, 3.8) is 0 Å². The van der Waals surface area contributed by atoms with E-state index in [1.54, 1.807) is 13.2 Å². The monoisotopic (exact) mass is 407 g/mol. The van der Waals surface area contributed by atoms with Crippen LogP contribution in [0.4, 0.5) is 0 Å². The van der Waals surface area contributed by atoms with Gasteiger partial charge in [-0.15, -0.1) is 0 Å². The fraction of sp³-hybridized carbons (Fsp3) is 0.304. The average Bonchev–Trinajstić information content (AvgIpc) is 3.43. The first-order valence-corrected chi connectivity index (χ1v) is 10.00. The van der Waals surface area contributed by atoms with Crippen molar-refractivity contribution in [2.24, 2.45) is 0 Å². The molecule has 1 heterocycles. The lowest BCUT2D eigenvalue weighted by atomic mass is 10.1. The molecule has 1 aromatic heterocycles. The van der Waals surface area contributed by atoms with Gasteiger partial charge in [0.25, 0.3) is 5.91 Å². The Morgan fingerprint density at radius 1 is 1.17 bits per heavy atom. The molecule has 1 unspecified atom stereocenters. The minimum Gasteiger partial charge on any atom is -0.497 e. The number of amides is 1. The Morgan fingerprint density at radius 3 is 2.53 bits per heavy atom. The second kappa shape index (κ2) is 9.11. The molecule has 3 N–H and O–H groups in total. The molecule has 0 spiro atoms. The third-order valence-corrected chi connectivity index (χ3v) is 5.31. The molecule has 7 nitrogen and oxygen atoms in total. The fourth-order valence-corrected chi connectivity index (χ4v) is 3.66. The lowest BCUT2D eigenvalue weighted by Gasteiger charge is -2.16. The number of aromatic nitrogens is 1. The number of ether oxygens (including phenoxy) is 1. The van der Waals surface area contributed by atoms with Crippen LogP contribution in [0.2, 0.25) is 0 Å². The molecule has 0 fully saturated rings. The van der Waals surface area contributed by atoms with Crippen LogP contribution in [-0.4, -0.2) is 48.5 Å². The van der Waals surface area contributed by atoms with Crippen molar-refractivity contribution < 1.29 is 19.2 Å². The van der Waals surface area contributed by atoms with Crippen molar-refractivity contribution in [3.05, 3.63) is 71.5 Å². The SMILES string of the molecule is COc1ccc(-c2cc(C(=O)NCC(O)CNC3Cc4ccccc4C3)on2)cc1. The molecule has 0 saturated carbocycles. The Morgan fingerprint density at radius 2 is 1.87 bits per heavy atom. The fourth-order valence-electron chi connectivity index (χ4n) is 3.66. The van der Waals surface area contributed by atoms with Gasteiger partial charge < -0.3 is 25.0 Å². The summed E-state index contributed by atoms with van der Waals surface area (Å²) in [5.74, 6) is 0.436. The number of methoxy groups -OCH3 is 1. The molecule has 1 atom stereocenters. The van der Waals surface area contributed by atoms with Gasteiger partial charge in [-0.05, 0) is 48.2 Å². The molecule has 30 heavy (non-hydrogen) atoms. The van der Waals surface area contributed by atoms with Gasteiger partial charge in [0.15, 0.2) is 0 Å². The molecule has 156 valence electrons. The number of carbonyl (C=O) groups excluding carboxylic acids is 1. The number of fused-ring (bicyclic) bond motifs is 1. The van der Waals surface area contributed by atoms with Gasteiger partial charge in [-0.2, -0.15) is 0 Å². The number of benzene rings is 2. The zero-order chi connectivity index (χ0) is 20.9. The van der Waals surface area contributed by atoms with Crippen molar-refractivity contribution in [2.45, 2.75) is 25.0 Å². The molecule has 1 amide bonds. The minimum atomic E-state index is -0.693. The van der Waals surface area contributed by atoms with Gasteiger partial charge >= 0.3 is 0 Å². The van der Waals surface area contributed by atoms with E-state index in [1.165, 1.54) is 11.1 Å². The van der Waals surface area contributed by atoms with Crippen molar-refractivity contribution in [3.8, 4) is 17.0 Å². The smallest absolute Gasteiger partial charge is 0.290 e. The maximum atomic E-state index is 12.3. The molecule has 2 aromatic carbocycles. The summed E-state index contributed by atoms with van der Waals surface area (Å²) in [5, 5.41) is 20.2. The standard InChI is InChI=1S/C23H25N3O4/c1-29-20-8-6-15(7-9-20)21-12-22(30-26-21)23(28)25-14-19(27)13-24-18-10-16-4-2-3-5-17(16)11-18/h2-9,12,18-19,24,27H,10-11,13-14H2,1H3,(H,25,28). The van der Waals surface area contributed by atoms with Gasteiger partial charge in [-0.1, -0.05) is 29.4 Å². The Balaban J connectivity index is 1.23. The average molecular weight is 407 g/mol. The molecule has 1 aliphatic rings. The summed E-state index contributed by atoms with van der Waals surface area (Å²) in [6.45, 7) is 0.538. The van der Waals surface area contributed by atoms with Gasteiger partial charge in [-0.3, -0.25) is 4.79 Å². The van der Waals surface area contributed by atoms with Gasteiger partial charge in [0, 0.05) is 30.8 Å². The van der Waals surface area contributed by atoms with E-state index >= 15 is 0 Å². The normalized spacial score (nSPS) is 14.3. The number of hydrogen-bond acceptors (Lipinski definition) is 6. The number of nitrogens with zero attached hydrogens (tertiary/aromatic N) is 1. The Bertz CT molecular complexity index is 975. The van der Waals surface area contributed by atoms with E-state index in [9.17, 15) is 9.90 Å². The summed E-state index contributed by atoms with van der Waals surface area (Å²) in [5.41, 5.74) is 4.10. The van der Waals surface area contributed by atoms with E-state index in [0.29, 0.717) is 18.3 Å². The Hall–Kier alpha value is -3.16. The second-order valence-electron chi connectivity index (χ2n) is 7.45. The van der Waals surface area contributed by atoms with E-state index < -0.39 is 12.0 Å². The molecule has 0 radical (unpaired) electrons. The Kier molecular flexibility index (Phi) is 6.11. The molecule has 0 saturated heterocycles. The number of carbonyl (C=O) groups is 1. The van der Waals surface area contributed by atoms with Crippen LogP contribution >= 0.6 is 0 Å². The highest BCUT2D eigenvalue weighted by molar-refractivity contribution is 5.92. The first-order valence-electron chi connectivity index (χ1n) is 10.00. The van der Waals surface area contributed by atoms with Gasteiger partial charge in [0.05, 0.1) is 13.2 Å². The minimum absolute atomic E-state index is 0.104. The van der Waals surface area contributed by atoms with Crippen LogP contribution in [0.5, 0.6) is 5.75 Å². The van der Waals surface area contributed by atoms with Crippen molar-refractivity contribution in [1.29, 1.82) is 0 Å². The molecule has 0 aliphatic heterocycles. The Labute approximate surface area is 175 Å². The van der Waals surface area contributed by atoms with Crippen LogP contribution < -0.4 is 15.4 Å². The van der Waals surface area contributed by atoms with Crippen LogP contribution in [0.1, 0.15) is 21.7 Å². The molecule has 4 rings (SSSR count). The second-order valence-corrected chi connectivity index (χ2v) is 7.45. The first-order chi connectivity index (χ1) is 14.6. The number of aliphatic hydroxyl groups is 1. The van der Waals surface area contributed by atoms with Crippen molar-refractivity contribution >= 4 is 5.91 Å². The van der Waals surface area contributed by atoms with Crippen LogP contribution in [-0.2, 0) is 12.8 Å². The van der Waals surface area contributed by atoms with E-state index in [-0.39, 0.29) is 12.3 Å². The third kappa shape index (κ3) is 4.69.